The van der Waals surface area contributed by atoms with Crippen molar-refractivity contribution in [1.82, 2.24) is 4.90 Å². The van der Waals surface area contributed by atoms with Crippen LogP contribution in [-0.4, -0.2) is 48.4 Å². The van der Waals surface area contributed by atoms with E-state index < -0.39 is 23.8 Å². The summed E-state index contributed by atoms with van der Waals surface area (Å²) in [5.41, 5.74) is -0.591. The summed E-state index contributed by atoms with van der Waals surface area (Å²) in [6, 6.07) is 0. The molecular weight excluding hydrogens is 214 g/mol. The Bertz CT molecular complexity index is 283. The number of rotatable bonds is 1. The molecule has 16 heavy (non-hydrogen) atoms. The molecule has 1 fully saturated rings. The van der Waals surface area contributed by atoms with Crippen LogP contribution >= 0.6 is 0 Å². The molecule has 1 rings (SSSR count). The van der Waals surface area contributed by atoms with E-state index in [0.717, 1.165) is 0 Å². The van der Waals surface area contributed by atoms with Crippen LogP contribution in [0.3, 0.4) is 0 Å². The van der Waals surface area contributed by atoms with Crippen molar-refractivity contribution in [3.8, 4) is 0 Å². The summed E-state index contributed by atoms with van der Waals surface area (Å²) in [5, 5.41) is 10.6. The molecule has 1 aliphatic heterocycles. The molecule has 0 unspecified atom stereocenters. The molecule has 6 heteroatoms. The van der Waals surface area contributed by atoms with Gasteiger partial charge in [0.25, 0.3) is 0 Å². The van der Waals surface area contributed by atoms with E-state index in [0.29, 0.717) is 6.54 Å². The van der Waals surface area contributed by atoms with Crippen molar-refractivity contribution in [3.63, 3.8) is 0 Å². The molecule has 0 aromatic rings. The number of hydrogen-bond acceptors (Lipinski definition) is 5. The second kappa shape index (κ2) is 4.69. The first kappa shape index (κ1) is 12.8. The minimum atomic E-state index is -1.31. The third kappa shape index (κ3) is 3.69. The van der Waals surface area contributed by atoms with Crippen LogP contribution in [0.15, 0.2) is 0 Å². The van der Waals surface area contributed by atoms with Crippen molar-refractivity contribution in [3.05, 3.63) is 0 Å². The molecular formula is C10H16NO5-. The molecule has 1 atom stereocenters. The van der Waals surface area contributed by atoms with Gasteiger partial charge in [-0.1, -0.05) is 0 Å². The third-order valence-corrected chi connectivity index (χ3v) is 1.98. The average molecular weight is 230 g/mol. The molecule has 6 nitrogen and oxygen atoms in total. The summed E-state index contributed by atoms with van der Waals surface area (Å²) in [6.45, 7) is 5.73. The maximum atomic E-state index is 11.6. The van der Waals surface area contributed by atoms with Gasteiger partial charge in [-0.3, -0.25) is 0 Å². The summed E-state index contributed by atoms with van der Waals surface area (Å²) in [6.07, 6.45) is -1.59. The van der Waals surface area contributed by atoms with Gasteiger partial charge >= 0.3 is 6.09 Å². The summed E-state index contributed by atoms with van der Waals surface area (Å²) >= 11 is 0. The Morgan fingerprint density at radius 3 is 2.56 bits per heavy atom. The van der Waals surface area contributed by atoms with Crippen LogP contribution in [0.1, 0.15) is 20.8 Å². The molecule has 0 spiro atoms. The lowest BCUT2D eigenvalue weighted by atomic mass is 10.2. The molecule has 0 aliphatic carbocycles. The lowest BCUT2D eigenvalue weighted by Crippen LogP contribution is -2.53. The standard InChI is InChI=1S/C10H17NO5/c1-10(2,3)16-9(14)11-4-5-15-7(6-11)8(12)13/h7H,4-6H2,1-3H3,(H,12,13)/p-1/t7-/m1/s1. The van der Waals surface area contributed by atoms with Crippen molar-refractivity contribution < 1.29 is 24.2 Å². The van der Waals surface area contributed by atoms with Crippen molar-refractivity contribution in [2.75, 3.05) is 19.7 Å². The highest BCUT2D eigenvalue weighted by molar-refractivity contribution is 5.73. The minimum absolute atomic E-state index is 0.0305. The smallest absolute Gasteiger partial charge is 0.410 e. The van der Waals surface area contributed by atoms with Crippen molar-refractivity contribution in [1.29, 1.82) is 0 Å². The van der Waals surface area contributed by atoms with Crippen LogP contribution in [0.4, 0.5) is 4.79 Å². The monoisotopic (exact) mass is 230 g/mol. The number of carboxylic acid groups (broad SMARTS) is 1. The molecule has 0 aromatic heterocycles. The van der Waals surface area contributed by atoms with Gasteiger partial charge in [-0.25, -0.2) is 4.79 Å². The second-order valence-corrected chi connectivity index (χ2v) is 4.60. The van der Waals surface area contributed by atoms with Crippen molar-refractivity contribution in [2.24, 2.45) is 0 Å². The lowest BCUT2D eigenvalue weighted by molar-refractivity contribution is -0.318. The van der Waals surface area contributed by atoms with Crippen LogP contribution in [0.5, 0.6) is 0 Å². The zero-order valence-electron chi connectivity index (χ0n) is 9.69. The molecule has 1 heterocycles. The van der Waals surface area contributed by atoms with Gasteiger partial charge in [0.05, 0.1) is 19.1 Å². The van der Waals surface area contributed by atoms with E-state index in [1.165, 1.54) is 4.90 Å². The Hall–Kier alpha value is -1.30. The van der Waals surface area contributed by atoms with Gasteiger partial charge in [-0.05, 0) is 20.8 Å². The zero-order chi connectivity index (χ0) is 12.3. The first-order valence-corrected chi connectivity index (χ1v) is 5.10. The fourth-order valence-electron chi connectivity index (χ4n) is 1.28. The van der Waals surface area contributed by atoms with Gasteiger partial charge < -0.3 is 24.3 Å². The maximum Gasteiger partial charge on any atom is 0.410 e. The van der Waals surface area contributed by atoms with Crippen molar-refractivity contribution >= 4 is 12.1 Å². The van der Waals surface area contributed by atoms with Crippen LogP contribution in [0, 0.1) is 0 Å². The van der Waals surface area contributed by atoms with Gasteiger partial charge in [0, 0.05) is 6.54 Å². The van der Waals surface area contributed by atoms with E-state index in [2.05, 4.69) is 0 Å². The average Bonchev–Trinajstić information content (AvgIpc) is 2.15. The first-order chi connectivity index (χ1) is 7.29. The molecule has 1 amide bonds. The van der Waals surface area contributed by atoms with Gasteiger partial charge in [0.2, 0.25) is 0 Å². The Morgan fingerprint density at radius 2 is 2.06 bits per heavy atom. The number of carbonyl (C=O) groups is 2. The second-order valence-electron chi connectivity index (χ2n) is 4.60. The SMILES string of the molecule is CC(C)(C)OC(=O)N1CCO[C@@H](C(=O)[O-])C1. The van der Waals surface area contributed by atoms with E-state index in [-0.39, 0.29) is 13.2 Å². The van der Waals surface area contributed by atoms with Crippen molar-refractivity contribution in [2.45, 2.75) is 32.5 Å². The molecule has 0 bridgehead atoms. The van der Waals surface area contributed by atoms with Gasteiger partial charge in [-0.15, -0.1) is 0 Å². The third-order valence-electron chi connectivity index (χ3n) is 1.98. The summed E-state index contributed by atoms with van der Waals surface area (Å²) < 4.78 is 10.1. The highest BCUT2D eigenvalue weighted by Crippen LogP contribution is 2.12. The highest BCUT2D eigenvalue weighted by atomic mass is 16.6. The molecule has 92 valence electrons. The minimum Gasteiger partial charge on any atom is -0.547 e. The molecule has 1 saturated heterocycles. The Balaban J connectivity index is 2.54. The van der Waals surface area contributed by atoms with Crippen LogP contribution in [-0.2, 0) is 14.3 Å². The maximum absolute atomic E-state index is 11.6. The number of carbonyl (C=O) groups excluding carboxylic acids is 2. The Kier molecular flexibility index (Phi) is 3.74. The van der Waals surface area contributed by atoms with Crippen LogP contribution in [0.25, 0.3) is 0 Å². The number of amides is 1. The fraction of sp³-hybridized carbons (Fsp3) is 0.800. The molecule has 0 radical (unpaired) electrons. The van der Waals surface area contributed by atoms with E-state index >= 15 is 0 Å². The molecule has 0 saturated carbocycles. The summed E-state index contributed by atoms with van der Waals surface area (Å²) in [5.74, 6) is -1.31. The van der Waals surface area contributed by atoms with Gasteiger partial charge in [0.15, 0.2) is 0 Å². The summed E-state index contributed by atoms with van der Waals surface area (Å²) in [4.78, 5) is 23.5. The molecule has 1 aliphatic rings. The fourth-order valence-corrected chi connectivity index (χ4v) is 1.28. The van der Waals surface area contributed by atoms with Crippen LogP contribution in [0.2, 0.25) is 0 Å². The predicted molar refractivity (Wildman–Crippen MR) is 52.6 cm³/mol. The van der Waals surface area contributed by atoms with Gasteiger partial charge in [0.1, 0.15) is 11.7 Å². The largest absolute Gasteiger partial charge is 0.547 e. The number of carboxylic acids is 1. The topological polar surface area (TPSA) is 78.9 Å². The zero-order valence-corrected chi connectivity index (χ0v) is 9.69. The number of nitrogens with zero attached hydrogens (tertiary/aromatic N) is 1. The molecule has 0 aromatic carbocycles. The van der Waals surface area contributed by atoms with Crippen LogP contribution < -0.4 is 5.11 Å². The highest BCUT2D eigenvalue weighted by Gasteiger charge is 2.28. The lowest BCUT2D eigenvalue weighted by Gasteiger charge is -2.34. The number of ether oxygens (including phenoxy) is 2. The normalized spacial score (nSPS) is 21.7. The quantitative estimate of drug-likeness (QED) is 0.599. The van der Waals surface area contributed by atoms with Gasteiger partial charge in [-0.2, -0.15) is 0 Å². The molecule has 0 N–H and O–H groups in total. The number of aliphatic carboxylic acids is 1. The number of morpholine rings is 1. The predicted octanol–water partition coefficient (Wildman–Crippen LogP) is -0.628. The van der Waals surface area contributed by atoms with E-state index in [4.69, 9.17) is 9.47 Å². The van der Waals surface area contributed by atoms with E-state index in [9.17, 15) is 14.7 Å². The Labute approximate surface area is 94.1 Å². The summed E-state index contributed by atoms with van der Waals surface area (Å²) in [7, 11) is 0. The number of hydrogen-bond donors (Lipinski definition) is 0. The Morgan fingerprint density at radius 1 is 1.44 bits per heavy atom. The first-order valence-electron chi connectivity index (χ1n) is 5.10. The van der Waals surface area contributed by atoms with E-state index in [1.54, 1.807) is 20.8 Å². The van der Waals surface area contributed by atoms with E-state index in [1.807, 2.05) is 0 Å².